The summed E-state index contributed by atoms with van der Waals surface area (Å²) < 4.78 is 0.946. The van der Waals surface area contributed by atoms with Gasteiger partial charge in [-0.1, -0.05) is 28.4 Å². The molecule has 1 aliphatic rings. The molecule has 4 nitrogen and oxygen atoms in total. The monoisotopic (exact) mass is 393 g/mol. The fourth-order valence-corrected chi connectivity index (χ4v) is 4.20. The molecule has 1 saturated heterocycles. The number of likely N-dealkylation sites (tertiary alicyclic amines) is 1. The van der Waals surface area contributed by atoms with E-state index in [-0.39, 0.29) is 5.91 Å². The minimum atomic E-state index is -0.0806. The van der Waals surface area contributed by atoms with Gasteiger partial charge >= 0.3 is 0 Å². The highest BCUT2D eigenvalue weighted by atomic mass is 79.9. The lowest BCUT2D eigenvalue weighted by molar-refractivity contribution is 0.103. The van der Waals surface area contributed by atoms with E-state index in [1.165, 1.54) is 30.6 Å². The number of anilines is 1. The molecule has 1 fully saturated rings. The van der Waals surface area contributed by atoms with Gasteiger partial charge in [0.2, 0.25) is 0 Å². The maximum Gasteiger partial charge on any atom is 0.267 e. The lowest BCUT2D eigenvalue weighted by Crippen LogP contribution is -2.28. The third kappa shape index (κ3) is 4.40. The smallest absolute Gasteiger partial charge is 0.267 e. The second-order valence-electron chi connectivity index (χ2n) is 5.82. The van der Waals surface area contributed by atoms with E-state index in [1.807, 2.05) is 31.2 Å². The van der Waals surface area contributed by atoms with Gasteiger partial charge in [-0.15, -0.1) is 11.3 Å². The number of nitrogens with one attached hydrogen (secondary N) is 1. The highest BCUT2D eigenvalue weighted by Crippen LogP contribution is 2.23. The van der Waals surface area contributed by atoms with Crippen LogP contribution in [-0.4, -0.2) is 28.9 Å². The van der Waals surface area contributed by atoms with Crippen LogP contribution in [0.4, 0.5) is 5.69 Å². The molecule has 1 N–H and O–H groups in total. The van der Waals surface area contributed by atoms with Crippen LogP contribution >= 0.6 is 27.3 Å². The van der Waals surface area contributed by atoms with Crippen molar-refractivity contribution in [1.29, 1.82) is 0 Å². The molecule has 0 atom stereocenters. The Hall–Kier alpha value is -1.24. The number of aromatic nitrogens is 1. The van der Waals surface area contributed by atoms with Crippen LogP contribution in [0.1, 0.15) is 39.6 Å². The average Bonchev–Trinajstić information content (AvgIpc) is 2.89. The Bertz CT molecular complexity index is 695. The number of rotatable bonds is 4. The van der Waals surface area contributed by atoms with E-state index in [0.717, 1.165) is 40.5 Å². The Morgan fingerprint density at radius 1 is 1.35 bits per heavy atom. The first-order valence-electron chi connectivity index (χ1n) is 7.87. The molecular weight excluding hydrogens is 374 g/mol. The first kappa shape index (κ1) is 16.6. The van der Waals surface area contributed by atoms with Crippen LogP contribution in [0.25, 0.3) is 0 Å². The van der Waals surface area contributed by atoms with Crippen LogP contribution in [0.5, 0.6) is 0 Å². The number of aryl methyl sites for hydroxylation is 1. The molecule has 6 heteroatoms. The van der Waals surface area contributed by atoms with Crippen LogP contribution in [0.15, 0.2) is 28.7 Å². The Morgan fingerprint density at radius 2 is 2.13 bits per heavy atom. The molecule has 0 saturated carbocycles. The summed E-state index contributed by atoms with van der Waals surface area (Å²) in [5.41, 5.74) is 1.60. The maximum atomic E-state index is 12.5. The second-order valence-corrected chi connectivity index (χ2v) is 7.82. The Morgan fingerprint density at radius 3 is 2.87 bits per heavy atom. The summed E-state index contributed by atoms with van der Waals surface area (Å²) in [5, 5.41) is 3.98. The number of amides is 1. The molecule has 0 spiro atoms. The van der Waals surface area contributed by atoms with Crippen LogP contribution in [0.2, 0.25) is 0 Å². The third-order valence-corrected chi connectivity index (χ3v) is 5.57. The normalized spacial score (nSPS) is 15.6. The van der Waals surface area contributed by atoms with Crippen molar-refractivity contribution in [2.45, 2.75) is 32.7 Å². The van der Waals surface area contributed by atoms with Gasteiger partial charge in [0, 0.05) is 10.2 Å². The second kappa shape index (κ2) is 7.55. The van der Waals surface area contributed by atoms with Crippen LogP contribution in [0, 0.1) is 6.92 Å². The van der Waals surface area contributed by atoms with Gasteiger partial charge < -0.3 is 5.32 Å². The summed E-state index contributed by atoms with van der Waals surface area (Å²) in [5.74, 6) is -0.0806. The molecule has 3 rings (SSSR count). The van der Waals surface area contributed by atoms with E-state index in [4.69, 9.17) is 0 Å². The summed E-state index contributed by atoms with van der Waals surface area (Å²) >= 11 is 4.92. The number of nitrogens with zero attached hydrogens (tertiary/aromatic N) is 2. The number of halogens is 1. The van der Waals surface area contributed by atoms with Gasteiger partial charge in [-0.05, 0) is 51.1 Å². The van der Waals surface area contributed by atoms with Crippen molar-refractivity contribution in [2.75, 3.05) is 18.4 Å². The predicted octanol–water partition coefficient (Wildman–Crippen LogP) is 4.45. The first-order chi connectivity index (χ1) is 11.1. The standard InChI is InChI=1S/C17H20BrN3OS/c1-12-16(17(22)20-14-7-5-6-13(18)10-14)23-15(19-12)11-21-8-3-2-4-9-21/h5-7,10H,2-4,8-9,11H2,1H3,(H,20,22). The topological polar surface area (TPSA) is 45.2 Å². The van der Waals surface area contributed by atoms with Crippen LogP contribution in [0.3, 0.4) is 0 Å². The van der Waals surface area contributed by atoms with Gasteiger partial charge in [0.05, 0.1) is 12.2 Å². The van der Waals surface area contributed by atoms with Crippen LogP contribution in [-0.2, 0) is 6.54 Å². The zero-order valence-corrected chi connectivity index (χ0v) is 15.5. The SMILES string of the molecule is Cc1nc(CN2CCCCC2)sc1C(=O)Nc1cccc(Br)c1. The van der Waals surface area contributed by atoms with E-state index < -0.39 is 0 Å². The summed E-state index contributed by atoms with van der Waals surface area (Å²) in [6, 6.07) is 7.61. The molecular formula is C17H20BrN3OS. The number of hydrogen-bond acceptors (Lipinski definition) is 4. The highest BCUT2D eigenvalue weighted by molar-refractivity contribution is 9.10. The van der Waals surface area contributed by atoms with Gasteiger partial charge in [0.1, 0.15) is 9.88 Å². The Labute approximate surface area is 149 Å². The van der Waals surface area contributed by atoms with E-state index in [1.54, 1.807) is 0 Å². The maximum absolute atomic E-state index is 12.5. The first-order valence-corrected chi connectivity index (χ1v) is 9.48. The van der Waals surface area contributed by atoms with Crippen molar-refractivity contribution in [3.8, 4) is 0 Å². The Kier molecular flexibility index (Phi) is 5.46. The van der Waals surface area contributed by atoms with Gasteiger partial charge in [0.15, 0.2) is 0 Å². The quantitative estimate of drug-likeness (QED) is 0.833. The van der Waals surface area contributed by atoms with Gasteiger partial charge in [0.25, 0.3) is 5.91 Å². The fourth-order valence-electron chi connectivity index (χ4n) is 2.79. The van der Waals surface area contributed by atoms with Gasteiger partial charge in [-0.2, -0.15) is 0 Å². The predicted molar refractivity (Wildman–Crippen MR) is 98.1 cm³/mol. The zero-order chi connectivity index (χ0) is 16.2. The van der Waals surface area contributed by atoms with Gasteiger partial charge in [-0.25, -0.2) is 4.98 Å². The minimum Gasteiger partial charge on any atom is -0.321 e. The van der Waals surface area contributed by atoms with E-state index >= 15 is 0 Å². The molecule has 0 unspecified atom stereocenters. The fraction of sp³-hybridized carbons (Fsp3) is 0.412. The Balaban J connectivity index is 1.68. The minimum absolute atomic E-state index is 0.0806. The molecule has 1 amide bonds. The van der Waals surface area contributed by atoms with Crippen molar-refractivity contribution >= 4 is 38.9 Å². The lowest BCUT2D eigenvalue weighted by Gasteiger charge is -2.25. The van der Waals surface area contributed by atoms with E-state index in [2.05, 4.69) is 31.1 Å². The number of piperidine rings is 1. The average molecular weight is 394 g/mol. The number of carbonyl (C=O) groups excluding carboxylic acids is 1. The van der Waals surface area contributed by atoms with E-state index in [0.29, 0.717) is 4.88 Å². The molecule has 0 bridgehead atoms. The van der Waals surface area contributed by atoms with E-state index in [9.17, 15) is 4.79 Å². The molecule has 0 aliphatic carbocycles. The molecule has 0 radical (unpaired) electrons. The third-order valence-electron chi connectivity index (χ3n) is 3.94. The summed E-state index contributed by atoms with van der Waals surface area (Å²) in [4.78, 5) is 20.2. The zero-order valence-electron chi connectivity index (χ0n) is 13.1. The van der Waals surface area contributed by atoms with Crippen molar-refractivity contribution in [1.82, 2.24) is 9.88 Å². The van der Waals surface area contributed by atoms with Gasteiger partial charge in [-0.3, -0.25) is 9.69 Å². The molecule has 23 heavy (non-hydrogen) atoms. The van der Waals surface area contributed by atoms with Crippen molar-refractivity contribution in [3.63, 3.8) is 0 Å². The number of benzene rings is 1. The van der Waals surface area contributed by atoms with Crippen molar-refractivity contribution < 1.29 is 4.79 Å². The lowest BCUT2D eigenvalue weighted by atomic mass is 10.1. The molecule has 1 aromatic heterocycles. The largest absolute Gasteiger partial charge is 0.321 e. The van der Waals surface area contributed by atoms with Crippen molar-refractivity contribution in [2.24, 2.45) is 0 Å². The summed E-state index contributed by atoms with van der Waals surface area (Å²) in [6.45, 7) is 5.04. The molecule has 2 heterocycles. The number of thiazole rings is 1. The summed E-state index contributed by atoms with van der Waals surface area (Å²) in [6.07, 6.45) is 3.86. The summed E-state index contributed by atoms with van der Waals surface area (Å²) in [7, 11) is 0. The highest BCUT2D eigenvalue weighted by Gasteiger charge is 2.18. The molecule has 2 aromatic rings. The van der Waals surface area contributed by atoms with Crippen LogP contribution < -0.4 is 5.32 Å². The molecule has 122 valence electrons. The number of hydrogen-bond donors (Lipinski definition) is 1. The molecule has 1 aromatic carbocycles. The molecule has 1 aliphatic heterocycles. The number of carbonyl (C=O) groups is 1. The van der Waals surface area contributed by atoms with Crippen molar-refractivity contribution in [3.05, 3.63) is 44.3 Å².